The predicted octanol–water partition coefficient (Wildman–Crippen LogP) is 2.90. The van der Waals surface area contributed by atoms with Crippen LogP contribution in [0.1, 0.15) is 12.8 Å². The Labute approximate surface area is 94.1 Å². The van der Waals surface area contributed by atoms with Crippen molar-refractivity contribution in [2.75, 3.05) is 13.2 Å². The van der Waals surface area contributed by atoms with Gasteiger partial charge in [0.1, 0.15) is 5.75 Å². The van der Waals surface area contributed by atoms with Crippen LogP contribution in [0.4, 0.5) is 0 Å². The van der Waals surface area contributed by atoms with Crippen LogP contribution in [0.5, 0.6) is 5.75 Å². The molecule has 1 saturated carbocycles. The van der Waals surface area contributed by atoms with Gasteiger partial charge in [-0.25, -0.2) is 0 Å². The number of ether oxygens (including phenoxy) is 2. The van der Waals surface area contributed by atoms with Gasteiger partial charge in [-0.1, -0.05) is 11.6 Å². The van der Waals surface area contributed by atoms with Gasteiger partial charge in [-0.15, -0.1) is 0 Å². The van der Waals surface area contributed by atoms with Crippen molar-refractivity contribution in [3.8, 4) is 5.75 Å². The monoisotopic (exact) mass is 224 g/mol. The summed E-state index contributed by atoms with van der Waals surface area (Å²) in [5.74, 6) is 1.59. The SMILES string of the molecule is Clc1ccc(OC2(C3CC3)COC2)cc1. The van der Waals surface area contributed by atoms with Crippen molar-refractivity contribution in [1.82, 2.24) is 0 Å². The first-order chi connectivity index (χ1) is 7.28. The molecule has 1 aromatic rings. The summed E-state index contributed by atoms with van der Waals surface area (Å²) < 4.78 is 11.3. The first-order valence-electron chi connectivity index (χ1n) is 5.31. The van der Waals surface area contributed by atoms with Crippen molar-refractivity contribution in [3.63, 3.8) is 0 Å². The molecular formula is C12H13ClO2. The minimum atomic E-state index is -0.0339. The third-order valence-corrected chi connectivity index (χ3v) is 3.40. The van der Waals surface area contributed by atoms with E-state index in [-0.39, 0.29) is 5.60 Å². The molecule has 3 rings (SSSR count). The molecule has 2 nitrogen and oxygen atoms in total. The summed E-state index contributed by atoms with van der Waals surface area (Å²) in [5, 5.41) is 0.743. The highest BCUT2D eigenvalue weighted by molar-refractivity contribution is 6.30. The lowest BCUT2D eigenvalue weighted by molar-refractivity contribution is -0.173. The maximum atomic E-state index is 6.03. The van der Waals surface area contributed by atoms with Crippen molar-refractivity contribution < 1.29 is 9.47 Å². The zero-order valence-electron chi connectivity index (χ0n) is 8.41. The summed E-state index contributed by atoms with van der Waals surface area (Å²) in [4.78, 5) is 0. The first kappa shape index (κ1) is 9.49. The van der Waals surface area contributed by atoms with E-state index in [4.69, 9.17) is 21.1 Å². The molecule has 3 heteroatoms. The molecule has 0 N–H and O–H groups in total. The molecule has 0 amide bonds. The number of benzene rings is 1. The van der Waals surface area contributed by atoms with Crippen molar-refractivity contribution in [3.05, 3.63) is 29.3 Å². The zero-order valence-corrected chi connectivity index (χ0v) is 9.17. The van der Waals surface area contributed by atoms with Gasteiger partial charge in [0.2, 0.25) is 0 Å². The van der Waals surface area contributed by atoms with Crippen LogP contribution in [0.15, 0.2) is 24.3 Å². The van der Waals surface area contributed by atoms with Crippen LogP contribution in [0.25, 0.3) is 0 Å². The minimum Gasteiger partial charge on any atom is -0.482 e. The van der Waals surface area contributed by atoms with Gasteiger partial charge in [0.15, 0.2) is 5.60 Å². The van der Waals surface area contributed by atoms with E-state index in [0.717, 1.165) is 24.0 Å². The lowest BCUT2D eigenvalue weighted by atomic mass is 9.95. The van der Waals surface area contributed by atoms with E-state index in [1.54, 1.807) is 0 Å². The average Bonchev–Trinajstić information content (AvgIpc) is 2.98. The van der Waals surface area contributed by atoms with E-state index < -0.39 is 0 Å². The van der Waals surface area contributed by atoms with Gasteiger partial charge in [-0.3, -0.25) is 0 Å². The highest BCUT2D eigenvalue weighted by Crippen LogP contribution is 2.46. The fourth-order valence-corrected chi connectivity index (χ4v) is 2.15. The fourth-order valence-electron chi connectivity index (χ4n) is 2.03. The molecule has 0 radical (unpaired) electrons. The quantitative estimate of drug-likeness (QED) is 0.786. The predicted molar refractivity (Wildman–Crippen MR) is 58.4 cm³/mol. The van der Waals surface area contributed by atoms with Gasteiger partial charge in [0.05, 0.1) is 13.2 Å². The Hall–Kier alpha value is -0.730. The molecule has 1 aliphatic heterocycles. The van der Waals surface area contributed by atoms with Crippen LogP contribution in [0.3, 0.4) is 0 Å². The van der Waals surface area contributed by atoms with E-state index in [2.05, 4.69) is 0 Å². The molecule has 1 heterocycles. The Bertz CT molecular complexity index is 352. The van der Waals surface area contributed by atoms with Gasteiger partial charge in [0.25, 0.3) is 0 Å². The zero-order chi connectivity index (χ0) is 10.3. The highest BCUT2D eigenvalue weighted by Gasteiger charge is 2.53. The van der Waals surface area contributed by atoms with Crippen LogP contribution < -0.4 is 4.74 Å². The van der Waals surface area contributed by atoms with Gasteiger partial charge in [-0.2, -0.15) is 0 Å². The van der Waals surface area contributed by atoms with Crippen molar-refractivity contribution >= 4 is 11.6 Å². The average molecular weight is 225 g/mol. The summed E-state index contributed by atoms with van der Waals surface area (Å²) in [5.41, 5.74) is -0.0339. The van der Waals surface area contributed by atoms with Gasteiger partial charge >= 0.3 is 0 Å². The first-order valence-corrected chi connectivity index (χ1v) is 5.69. The van der Waals surface area contributed by atoms with E-state index in [0.29, 0.717) is 5.92 Å². The molecule has 1 aromatic carbocycles. The summed E-state index contributed by atoms with van der Waals surface area (Å²) in [6, 6.07) is 7.56. The molecular weight excluding hydrogens is 212 g/mol. The van der Waals surface area contributed by atoms with Crippen LogP contribution in [0, 0.1) is 5.92 Å². The smallest absolute Gasteiger partial charge is 0.158 e. The Morgan fingerprint density at radius 3 is 2.33 bits per heavy atom. The lowest BCUT2D eigenvalue weighted by Crippen LogP contribution is -2.56. The molecule has 0 spiro atoms. The number of rotatable bonds is 3. The standard InChI is InChI=1S/C12H13ClO2/c13-10-3-5-11(6-4-10)15-12(7-14-8-12)9-1-2-9/h3-6,9H,1-2,7-8H2. The third-order valence-electron chi connectivity index (χ3n) is 3.15. The Morgan fingerprint density at radius 1 is 1.20 bits per heavy atom. The molecule has 2 fully saturated rings. The van der Waals surface area contributed by atoms with Crippen LogP contribution in [-0.2, 0) is 4.74 Å². The highest BCUT2D eigenvalue weighted by atomic mass is 35.5. The number of hydrogen-bond acceptors (Lipinski definition) is 2. The molecule has 15 heavy (non-hydrogen) atoms. The molecule has 0 unspecified atom stereocenters. The second kappa shape index (κ2) is 3.39. The van der Waals surface area contributed by atoms with Crippen LogP contribution >= 0.6 is 11.6 Å². The van der Waals surface area contributed by atoms with Crippen molar-refractivity contribution in [2.24, 2.45) is 5.92 Å². The number of halogens is 1. The van der Waals surface area contributed by atoms with Gasteiger partial charge in [-0.05, 0) is 37.1 Å². The second-order valence-electron chi connectivity index (χ2n) is 4.39. The van der Waals surface area contributed by atoms with Crippen LogP contribution in [0.2, 0.25) is 5.02 Å². The Balaban J connectivity index is 1.75. The maximum absolute atomic E-state index is 6.03. The molecule has 80 valence electrons. The minimum absolute atomic E-state index is 0.0339. The fraction of sp³-hybridized carbons (Fsp3) is 0.500. The lowest BCUT2D eigenvalue weighted by Gasteiger charge is -2.41. The normalized spacial score (nSPS) is 23.3. The van der Waals surface area contributed by atoms with E-state index in [1.807, 2.05) is 24.3 Å². The molecule has 0 aromatic heterocycles. The molecule has 0 bridgehead atoms. The van der Waals surface area contributed by atoms with Gasteiger partial charge in [0, 0.05) is 10.9 Å². The van der Waals surface area contributed by atoms with Crippen molar-refractivity contribution in [1.29, 1.82) is 0 Å². The van der Waals surface area contributed by atoms with Crippen molar-refractivity contribution in [2.45, 2.75) is 18.4 Å². The molecule has 1 saturated heterocycles. The topological polar surface area (TPSA) is 18.5 Å². The second-order valence-corrected chi connectivity index (χ2v) is 4.82. The van der Waals surface area contributed by atoms with Crippen LogP contribution in [-0.4, -0.2) is 18.8 Å². The Morgan fingerprint density at radius 2 is 1.87 bits per heavy atom. The summed E-state index contributed by atoms with van der Waals surface area (Å²) in [7, 11) is 0. The molecule has 2 aliphatic rings. The van der Waals surface area contributed by atoms with E-state index >= 15 is 0 Å². The summed E-state index contributed by atoms with van der Waals surface area (Å²) >= 11 is 5.83. The Kier molecular flexibility index (Phi) is 2.15. The molecule has 1 aliphatic carbocycles. The number of hydrogen-bond donors (Lipinski definition) is 0. The van der Waals surface area contributed by atoms with Gasteiger partial charge < -0.3 is 9.47 Å². The largest absolute Gasteiger partial charge is 0.482 e. The summed E-state index contributed by atoms with van der Waals surface area (Å²) in [6.45, 7) is 1.47. The third kappa shape index (κ3) is 1.72. The van der Waals surface area contributed by atoms with E-state index in [9.17, 15) is 0 Å². The molecule has 0 atom stereocenters. The van der Waals surface area contributed by atoms with E-state index in [1.165, 1.54) is 12.8 Å². The maximum Gasteiger partial charge on any atom is 0.158 e. The summed E-state index contributed by atoms with van der Waals surface area (Å²) in [6.07, 6.45) is 2.55.